The second kappa shape index (κ2) is 8.53. The predicted molar refractivity (Wildman–Crippen MR) is 87.4 cm³/mol. The Morgan fingerprint density at radius 2 is 1.92 bits per heavy atom. The Kier molecular flexibility index (Phi) is 7.02. The maximum Gasteiger partial charge on any atom is 0.341 e. The summed E-state index contributed by atoms with van der Waals surface area (Å²) in [6.07, 6.45) is 1.09. The van der Waals surface area contributed by atoms with Gasteiger partial charge in [-0.1, -0.05) is 0 Å². The average molecular weight is 359 g/mol. The zero-order chi connectivity index (χ0) is 18.3. The fourth-order valence-corrected chi connectivity index (χ4v) is 2.97. The molecule has 134 valence electrons. The van der Waals surface area contributed by atoms with E-state index in [9.17, 15) is 18.0 Å². The van der Waals surface area contributed by atoms with Crippen LogP contribution in [0.3, 0.4) is 0 Å². The van der Waals surface area contributed by atoms with Gasteiger partial charge >= 0.3 is 5.97 Å². The lowest BCUT2D eigenvalue weighted by atomic mass is 10.1. The first-order valence-electron chi connectivity index (χ1n) is 7.22. The van der Waals surface area contributed by atoms with Gasteiger partial charge in [0.15, 0.2) is 18.1 Å². The Balaban J connectivity index is 2.89. The third-order valence-electron chi connectivity index (χ3n) is 2.79. The Morgan fingerprint density at radius 1 is 1.25 bits per heavy atom. The van der Waals surface area contributed by atoms with Crippen LogP contribution in [0.5, 0.6) is 11.5 Å². The summed E-state index contributed by atoms with van der Waals surface area (Å²) in [5.74, 6) is -1.32. The van der Waals surface area contributed by atoms with Crippen molar-refractivity contribution in [3.8, 4) is 11.5 Å². The smallest absolute Gasteiger partial charge is 0.341 e. The average Bonchev–Trinajstić information content (AvgIpc) is 2.43. The molecule has 0 aliphatic rings. The summed E-state index contributed by atoms with van der Waals surface area (Å²) in [7, 11) is -3.21. The van der Waals surface area contributed by atoms with Crippen molar-refractivity contribution in [1.29, 1.82) is 0 Å². The third-order valence-corrected chi connectivity index (χ3v) is 3.89. The number of carbonyl (C=O) groups is 2. The first-order valence-corrected chi connectivity index (χ1v) is 9.28. The highest BCUT2D eigenvalue weighted by molar-refractivity contribution is 7.90. The van der Waals surface area contributed by atoms with Crippen LogP contribution in [0.2, 0.25) is 0 Å². The van der Waals surface area contributed by atoms with Gasteiger partial charge in [0.05, 0.1) is 12.4 Å². The fraction of sp³-hybridized carbons (Fsp3) is 0.467. The van der Waals surface area contributed by atoms with Crippen molar-refractivity contribution in [3.05, 3.63) is 23.8 Å². The van der Waals surface area contributed by atoms with E-state index >= 15 is 0 Å². The van der Waals surface area contributed by atoms with Crippen molar-refractivity contribution < 1.29 is 32.6 Å². The van der Waals surface area contributed by atoms with E-state index in [4.69, 9.17) is 14.6 Å². The van der Waals surface area contributed by atoms with Crippen LogP contribution in [0.25, 0.3) is 0 Å². The molecule has 0 spiro atoms. The van der Waals surface area contributed by atoms with Crippen LogP contribution in [0, 0.1) is 0 Å². The number of benzene rings is 1. The topological polar surface area (TPSA) is 119 Å². The highest BCUT2D eigenvalue weighted by Gasteiger charge is 2.16. The number of amides is 1. The SMILES string of the molecule is CCOc1cc(C(=O)NC(C)CS(C)(=O)=O)ccc1OCC(=O)O. The van der Waals surface area contributed by atoms with Gasteiger partial charge in [0.1, 0.15) is 9.84 Å². The molecule has 0 fully saturated rings. The second-order valence-electron chi connectivity index (χ2n) is 5.24. The van der Waals surface area contributed by atoms with Gasteiger partial charge in [-0.25, -0.2) is 13.2 Å². The van der Waals surface area contributed by atoms with Crippen molar-refractivity contribution in [1.82, 2.24) is 5.32 Å². The van der Waals surface area contributed by atoms with E-state index in [1.165, 1.54) is 18.2 Å². The van der Waals surface area contributed by atoms with Gasteiger partial charge in [-0.2, -0.15) is 0 Å². The molecule has 0 heterocycles. The lowest BCUT2D eigenvalue weighted by Gasteiger charge is -2.15. The molecular weight excluding hydrogens is 338 g/mol. The molecule has 1 atom stereocenters. The highest BCUT2D eigenvalue weighted by Crippen LogP contribution is 2.28. The highest BCUT2D eigenvalue weighted by atomic mass is 32.2. The van der Waals surface area contributed by atoms with Gasteiger partial charge in [-0.3, -0.25) is 4.79 Å². The molecule has 9 heteroatoms. The number of carbonyl (C=O) groups excluding carboxylic acids is 1. The number of ether oxygens (including phenoxy) is 2. The summed E-state index contributed by atoms with van der Waals surface area (Å²) in [6, 6.07) is 3.75. The molecule has 1 unspecified atom stereocenters. The number of hydrogen-bond acceptors (Lipinski definition) is 6. The van der Waals surface area contributed by atoms with Crippen molar-refractivity contribution in [2.45, 2.75) is 19.9 Å². The Morgan fingerprint density at radius 3 is 2.46 bits per heavy atom. The standard InChI is InChI=1S/C15H21NO7S/c1-4-22-13-7-11(5-6-12(13)23-8-14(17)18)15(19)16-10(2)9-24(3,20)21/h5-7,10H,4,8-9H2,1-3H3,(H,16,19)(H,17,18). The summed E-state index contributed by atoms with van der Waals surface area (Å²) in [6.45, 7) is 3.10. The number of carboxylic acid groups (broad SMARTS) is 1. The van der Waals surface area contributed by atoms with Gasteiger partial charge in [0, 0.05) is 17.9 Å². The van der Waals surface area contributed by atoms with E-state index in [0.717, 1.165) is 6.26 Å². The monoisotopic (exact) mass is 359 g/mol. The lowest BCUT2D eigenvalue weighted by Crippen LogP contribution is -2.37. The maximum atomic E-state index is 12.2. The molecule has 1 rings (SSSR count). The number of sulfone groups is 1. The van der Waals surface area contributed by atoms with Crippen molar-refractivity contribution in [2.24, 2.45) is 0 Å². The number of hydrogen-bond donors (Lipinski definition) is 2. The Bertz CT molecular complexity index is 700. The first kappa shape index (κ1) is 19.8. The van der Waals surface area contributed by atoms with E-state index in [-0.39, 0.29) is 22.8 Å². The number of rotatable bonds is 9. The third kappa shape index (κ3) is 6.86. The summed E-state index contributed by atoms with van der Waals surface area (Å²) < 4.78 is 32.9. The van der Waals surface area contributed by atoms with Gasteiger partial charge in [0.2, 0.25) is 0 Å². The molecule has 8 nitrogen and oxygen atoms in total. The van der Waals surface area contributed by atoms with Gasteiger partial charge < -0.3 is 19.9 Å². The molecule has 2 N–H and O–H groups in total. The fourth-order valence-electron chi connectivity index (χ4n) is 1.98. The maximum absolute atomic E-state index is 12.2. The summed E-state index contributed by atoms with van der Waals surface area (Å²) in [5.41, 5.74) is 0.251. The molecule has 0 radical (unpaired) electrons. The molecule has 1 amide bonds. The van der Waals surface area contributed by atoms with E-state index in [0.29, 0.717) is 6.61 Å². The lowest BCUT2D eigenvalue weighted by molar-refractivity contribution is -0.139. The van der Waals surface area contributed by atoms with E-state index in [2.05, 4.69) is 5.32 Å². The van der Waals surface area contributed by atoms with Crippen molar-refractivity contribution in [2.75, 3.05) is 25.2 Å². The molecule has 0 saturated heterocycles. The van der Waals surface area contributed by atoms with Gasteiger partial charge in [-0.15, -0.1) is 0 Å². The minimum absolute atomic E-state index is 0.170. The number of nitrogens with one attached hydrogen (secondary N) is 1. The van der Waals surface area contributed by atoms with Crippen LogP contribution in [-0.2, 0) is 14.6 Å². The van der Waals surface area contributed by atoms with Gasteiger partial charge in [0.25, 0.3) is 5.91 Å². The molecule has 1 aromatic carbocycles. The van der Waals surface area contributed by atoms with Crippen molar-refractivity contribution >= 4 is 21.7 Å². The van der Waals surface area contributed by atoms with Crippen LogP contribution in [0.4, 0.5) is 0 Å². The summed E-state index contributed by atoms with van der Waals surface area (Å²) in [5, 5.41) is 11.2. The van der Waals surface area contributed by atoms with Crippen LogP contribution in [0.15, 0.2) is 18.2 Å². The number of aliphatic carboxylic acids is 1. The van der Waals surface area contributed by atoms with Gasteiger partial charge in [-0.05, 0) is 32.0 Å². The predicted octanol–water partition coefficient (Wildman–Crippen LogP) is 0.712. The summed E-state index contributed by atoms with van der Waals surface area (Å²) in [4.78, 5) is 22.8. The molecule has 0 saturated carbocycles. The molecule has 1 aromatic rings. The molecule has 0 aliphatic heterocycles. The normalized spacial score (nSPS) is 12.3. The minimum atomic E-state index is -3.21. The number of carboxylic acids is 1. The quantitative estimate of drug-likeness (QED) is 0.666. The molecule has 0 bridgehead atoms. The van der Waals surface area contributed by atoms with Crippen LogP contribution >= 0.6 is 0 Å². The molecular formula is C15H21NO7S. The molecule has 24 heavy (non-hydrogen) atoms. The van der Waals surface area contributed by atoms with Crippen LogP contribution < -0.4 is 14.8 Å². The summed E-state index contributed by atoms with van der Waals surface area (Å²) >= 11 is 0. The minimum Gasteiger partial charge on any atom is -0.490 e. The van der Waals surface area contributed by atoms with Crippen LogP contribution in [0.1, 0.15) is 24.2 Å². The van der Waals surface area contributed by atoms with E-state index in [1.54, 1.807) is 13.8 Å². The Labute approximate surface area is 140 Å². The zero-order valence-corrected chi connectivity index (χ0v) is 14.6. The largest absolute Gasteiger partial charge is 0.490 e. The van der Waals surface area contributed by atoms with Crippen molar-refractivity contribution in [3.63, 3.8) is 0 Å². The second-order valence-corrected chi connectivity index (χ2v) is 7.43. The van der Waals surface area contributed by atoms with E-state index < -0.39 is 34.4 Å². The van der Waals surface area contributed by atoms with Crippen LogP contribution in [-0.4, -0.2) is 56.7 Å². The zero-order valence-electron chi connectivity index (χ0n) is 13.7. The molecule has 0 aromatic heterocycles. The van der Waals surface area contributed by atoms with E-state index in [1.807, 2.05) is 0 Å². The molecule has 0 aliphatic carbocycles. The first-order chi connectivity index (χ1) is 11.1. The Hall–Kier alpha value is -2.29.